The minimum atomic E-state index is -3.38. The van der Waals surface area contributed by atoms with Gasteiger partial charge in [-0.3, -0.25) is 4.90 Å². The van der Waals surface area contributed by atoms with E-state index in [9.17, 15) is 8.42 Å². The normalized spacial score (nSPS) is 36.8. The largest absolute Gasteiger partial charge is 0.297 e. The zero-order valence-corrected chi connectivity index (χ0v) is 14.3. The van der Waals surface area contributed by atoms with E-state index in [2.05, 4.69) is 4.90 Å². The van der Waals surface area contributed by atoms with Crippen LogP contribution >= 0.6 is 11.6 Å². The molecule has 5 nitrogen and oxygen atoms in total. The molecule has 3 unspecified atom stereocenters. The van der Waals surface area contributed by atoms with Crippen LogP contribution in [0.25, 0.3) is 0 Å². The molecule has 122 valence electrons. The molecule has 3 saturated heterocycles. The Kier molecular flexibility index (Phi) is 4.81. The van der Waals surface area contributed by atoms with Crippen LogP contribution in [0.2, 0.25) is 0 Å². The Hall–Kier alpha value is 0.120. The van der Waals surface area contributed by atoms with Crippen molar-refractivity contribution in [1.29, 1.82) is 0 Å². The second kappa shape index (κ2) is 6.32. The molecule has 3 aliphatic heterocycles. The first-order valence-electron chi connectivity index (χ1n) is 8.12. The van der Waals surface area contributed by atoms with Gasteiger partial charge in [-0.1, -0.05) is 6.42 Å². The van der Waals surface area contributed by atoms with Crippen molar-refractivity contribution in [2.24, 2.45) is 0 Å². The second-order valence-electron chi connectivity index (χ2n) is 6.63. The number of hydrogen-bond donors (Lipinski definition) is 0. The molecule has 3 heterocycles. The third-order valence-electron chi connectivity index (χ3n) is 5.22. The molecule has 3 fully saturated rings. The molecule has 0 N–H and O–H groups in total. The van der Waals surface area contributed by atoms with Crippen LogP contribution in [0.15, 0.2) is 0 Å². The van der Waals surface area contributed by atoms with Crippen molar-refractivity contribution < 1.29 is 8.42 Å². The van der Waals surface area contributed by atoms with Crippen LogP contribution in [0, 0.1) is 0 Å². The van der Waals surface area contributed by atoms with Crippen molar-refractivity contribution in [2.45, 2.75) is 57.2 Å². The molecule has 3 rings (SSSR count). The summed E-state index contributed by atoms with van der Waals surface area (Å²) >= 11 is 6.01. The zero-order chi connectivity index (χ0) is 15.0. The number of nitrogens with zero attached hydrogens (tertiary/aromatic N) is 3. The Bertz CT molecular complexity index is 473. The van der Waals surface area contributed by atoms with E-state index in [4.69, 9.17) is 11.6 Å². The van der Waals surface area contributed by atoms with Gasteiger partial charge in [-0.05, 0) is 39.2 Å². The van der Waals surface area contributed by atoms with Gasteiger partial charge in [-0.2, -0.15) is 17.0 Å². The fourth-order valence-electron chi connectivity index (χ4n) is 4.05. The summed E-state index contributed by atoms with van der Waals surface area (Å²) in [7, 11) is -3.38. The van der Waals surface area contributed by atoms with E-state index in [1.165, 1.54) is 6.42 Å². The van der Waals surface area contributed by atoms with E-state index in [-0.39, 0.29) is 12.1 Å². The van der Waals surface area contributed by atoms with E-state index in [1.54, 1.807) is 8.61 Å². The molecule has 0 aliphatic carbocycles. The maximum absolute atomic E-state index is 13.1. The first kappa shape index (κ1) is 16.0. The highest BCUT2D eigenvalue weighted by Gasteiger charge is 2.43. The van der Waals surface area contributed by atoms with Crippen LogP contribution in [0.5, 0.6) is 0 Å². The van der Waals surface area contributed by atoms with Crippen molar-refractivity contribution in [3.63, 3.8) is 0 Å². The number of piperidine rings is 1. The van der Waals surface area contributed by atoms with E-state index in [0.717, 1.165) is 38.8 Å². The molecule has 0 aromatic heterocycles. The number of piperazine rings is 1. The molecular formula is C14H26ClN3O2S. The fourth-order valence-corrected chi connectivity index (χ4v) is 6.52. The summed E-state index contributed by atoms with van der Waals surface area (Å²) in [5.41, 5.74) is 0. The third kappa shape index (κ3) is 2.98. The van der Waals surface area contributed by atoms with Crippen LogP contribution in [0.1, 0.15) is 39.0 Å². The Balaban J connectivity index is 1.79. The standard InChI is InChI=1S/C14H26ClN3O2S/c1-12-10-16-7-4-6-14(16)11-18(12)21(19,20)17-8-3-2-5-13(17)9-15/h12-14H,2-11H2,1H3. The van der Waals surface area contributed by atoms with Crippen molar-refractivity contribution >= 4 is 21.8 Å². The highest BCUT2D eigenvalue weighted by atomic mass is 35.5. The highest BCUT2D eigenvalue weighted by Crippen LogP contribution is 2.30. The van der Waals surface area contributed by atoms with Crippen molar-refractivity contribution in [3.8, 4) is 0 Å². The molecule has 0 radical (unpaired) electrons. The Morgan fingerprint density at radius 3 is 2.62 bits per heavy atom. The average molecular weight is 336 g/mol. The molecule has 3 aliphatic rings. The summed E-state index contributed by atoms with van der Waals surface area (Å²) in [5.74, 6) is 0.400. The number of alkyl halides is 1. The van der Waals surface area contributed by atoms with E-state index in [1.807, 2.05) is 6.92 Å². The van der Waals surface area contributed by atoms with Crippen molar-refractivity contribution in [2.75, 3.05) is 32.1 Å². The summed E-state index contributed by atoms with van der Waals surface area (Å²) in [4.78, 5) is 2.45. The lowest BCUT2D eigenvalue weighted by molar-refractivity contribution is 0.107. The SMILES string of the molecule is CC1CN2CCCC2CN1S(=O)(=O)N1CCCCC1CCl. The summed E-state index contributed by atoms with van der Waals surface area (Å²) in [6.07, 6.45) is 5.23. The number of fused-ring (bicyclic) bond motifs is 1. The van der Waals surface area contributed by atoms with Gasteiger partial charge in [-0.25, -0.2) is 0 Å². The monoisotopic (exact) mass is 335 g/mol. The van der Waals surface area contributed by atoms with Gasteiger partial charge < -0.3 is 0 Å². The molecule has 0 bridgehead atoms. The fraction of sp³-hybridized carbons (Fsp3) is 1.00. The van der Waals surface area contributed by atoms with E-state index >= 15 is 0 Å². The number of halogens is 1. The van der Waals surface area contributed by atoms with Crippen LogP contribution in [0.3, 0.4) is 0 Å². The molecule has 0 aromatic carbocycles. The average Bonchev–Trinajstić information content (AvgIpc) is 2.93. The predicted octanol–water partition coefficient (Wildman–Crippen LogP) is 1.49. The number of hydrogen-bond acceptors (Lipinski definition) is 3. The molecule has 0 amide bonds. The summed E-state index contributed by atoms with van der Waals surface area (Å²) in [6.45, 7) is 5.29. The lowest BCUT2D eigenvalue weighted by Gasteiger charge is -2.45. The lowest BCUT2D eigenvalue weighted by Crippen LogP contribution is -2.61. The summed E-state index contributed by atoms with van der Waals surface area (Å²) in [5, 5.41) is 0. The Morgan fingerprint density at radius 1 is 1.05 bits per heavy atom. The van der Waals surface area contributed by atoms with Gasteiger partial charge in [0.25, 0.3) is 10.2 Å². The first-order valence-corrected chi connectivity index (χ1v) is 10.1. The van der Waals surface area contributed by atoms with Gasteiger partial charge in [0.15, 0.2) is 0 Å². The minimum Gasteiger partial charge on any atom is -0.297 e. The molecule has 0 saturated carbocycles. The van der Waals surface area contributed by atoms with Crippen LogP contribution in [-0.4, -0.2) is 72.1 Å². The second-order valence-corrected chi connectivity index (χ2v) is 8.77. The van der Waals surface area contributed by atoms with Gasteiger partial charge in [-0.15, -0.1) is 11.6 Å². The van der Waals surface area contributed by atoms with Gasteiger partial charge in [0.05, 0.1) is 0 Å². The molecule has 21 heavy (non-hydrogen) atoms. The summed E-state index contributed by atoms with van der Waals surface area (Å²) in [6, 6.07) is 0.441. The van der Waals surface area contributed by atoms with Gasteiger partial charge >= 0.3 is 0 Å². The van der Waals surface area contributed by atoms with Gasteiger partial charge in [0.1, 0.15) is 0 Å². The highest BCUT2D eigenvalue weighted by molar-refractivity contribution is 7.86. The van der Waals surface area contributed by atoms with E-state index < -0.39 is 10.2 Å². The third-order valence-corrected chi connectivity index (χ3v) is 7.76. The quantitative estimate of drug-likeness (QED) is 0.734. The van der Waals surface area contributed by atoms with Crippen LogP contribution in [-0.2, 0) is 10.2 Å². The van der Waals surface area contributed by atoms with Gasteiger partial charge in [0, 0.05) is 43.6 Å². The Labute approximate surface area is 133 Å². The Morgan fingerprint density at radius 2 is 1.86 bits per heavy atom. The zero-order valence-electron chi connectivity index (χ0n) is 12.7. The van der Waals surface area contributed by atoms with E-state index in [0.29, 0.717) is 25.0 Å². The first-order chi connectivity index (χ1) is 10.0. The topological polar surface area (TPSA) is 43.9 Å². The molecular weight excluding hydrogens is 310 g/mol. The number of rotatable bonds is 3. The maximum atomic E-state index is 13.1. The smallest absolute Gasteiger partial charge is 0.282 e. The van der Waals surface area contributed by atoms with Crippen LogP contribution in [0.4, 0.5) is 0 Å². The van der Waals surface area contributed by atoms with Crippen LogP contribution < -0.4 is 0 Å². The van der Waals surface area contributed by atoms with Crippen molar-refractivity contribution in [1.82, 2.24) is 13.5 Å². The molecule has 7 heteroatoms. The van der Waals surface area contributed by atoms with Crippen molar-refractivity contribution in [3.05, 3.63) is 0 Å². The maximum Gasteiger partial charge on any atom is 0.282 e. The molecule has 0 aromatic rings. The predicted molar refractivity (Wildman–Crippen MR) is 84.7 cm³/mol. The summed E-state index contributed by atoms with van der Waals surface area (Å²) < 4.78 is 29.6. The van der Waals surface area contributed by atoms with Gasteiger partial charge in [0.2, 0.25) is 0 Å². The molecule has 3 atom stereocenters. The lowest BCUT2D eigenvalue weighted by atomic mass is 10.1. The molecule has 0 spiro atoms. The minimum absolute atomic E-state index is 0.0285.